The second-order valence-electron chi connectivity index (χ2n) is 5.53. The van der Waals surface area contributed by atoms with Crippen LogP contribution in [-0.2, 0) is 0 Å². The first-order valence-corrected chi connectivity index (χ1v) is 7.23. The molecule has 0 saturated carbocycles. The highest BCUT2D eigenvalue weighted by molar-refractivity contribution is 5.93. The third kappa shape index (κ3) is 2.02. The van der Waals surface area contributed by atoms with Crippen molar-refractivity contribution in [3.63, 3.8) is 0 Å². The summed E-state index contributed by atoms with van der Waals surface area (Å²) >= 11 is 0. The first-order valence-electron chi connectivity index (χ1n) is 7.23. The summed E-state index contributed by atoms with van der Waals surface area (Å²) in [5.74, 6) is 0.458. The molecule has 0 N–H and O–H groups in total. The molecule has 0 atom stereocenters. The second-order valence-corrected chi connectivity index (χ2v) is 5.53. The Bertz CT molecular complexity index is 611. The zero-order valence-electron chi connectivity index (χ0n) is 12.4. The third-order valence-corrected chi connectivity index (χ3v) is 4.41. The lowest BCUT2D eigenvalue weighted by atomic mass is 9.88. The van der Waals surface area contributed by atoms with Gasteiger partial charge in [0.15, 0.2) is 0 Å². The van der Waals surface area contributed by atoms with Gasteiger partial charge in [0.1, 0.15) is 0 Å². The minimum Gasteiger partial charge on any atom is -0.0622 e. The predicted molar refractivity (Wildman–Crippen MR) is 87.2 cm³/mol. The van der Waals surface area contributed by atoms with Crippen LogP contribution in [0.1, 0.15) is 31.9 Å². The Hall–Kier alpha value is -2.08. The fourth-order valence-electron chi connectivity index (χ4n) is 3.37. The van der Waals surface area contributed by atoms with Gasteiger partial charge in [-0.05, 0) is 47.3 Å². The smallest absolute Gasteiger partial charge is 0.00783 e. The molecule has 0 nitrogen and oxygen atoms in total. The quantitative estimate of drug-likeness (QED) is 0.661. The van der Waals surface area contributed by atoms with Crippen molar-refractivity contribution in [2.45, 2.75) is 20.8 Å². The lowest BCUT2D eigenvalue weighted by Crippen LogP contribution is -1.99. The van der Waals surface area contributed by atoms with Gasteiger partial charge in [0.2, 0.25) is 0 Å². The van der Waals surface area contributed by atoms with E-state index in [0.717, 1.165) is 0 Å². The van der Waals surface area contributed by atoms with Gasteiger partial charge < -0.3 is 0 Å². The average Bonchev–Trinajstić information content (AvgIpc) is 2.71. The van der Waals surface area contributed by atoms with Crippen LogP contribution in [0.2, 0.25) is 0 Å². The molecule has 0 aliphatic heterocycles. The molecule has 1 aliphatic carbocycles. The fourth-order valence-corrected chi connectivity index (χ4v) is 3.37. The van der Waals surface area contributed by atoms with Crippen molar-refractivity contribution < 1.29 is 0 Å². The summed E-state index contributed by atoms with van der Waals surface area (Å²) in [6.45, 7) is 6.83. The molecule has 0 heterocycles. The summed E-state index contributed by atoms with van der Waals surface area (Å²) in [6, 6.07) is 21.5. The molecule has 0 spiro atoms. The summed E-state index contributed by atoms with van der Waals surface area (Å²) in [5, 5.41) is 0. The summed E-state index contributed by atoms with van der Waals surface area (Å²) in [5.41, 5.74) is 8.51. The van der Waals surface area contributed by atoms with Crippen LogP contribution < -0.4 is 0 Å². The van der Waals surface area contributed by atoms with E-state index in [4.69, 9.17) is 0 Å². The van der Waals surface area contributed by atoms with Crippen molar-refractivity contribution in [2.24, 2.45) is 5.92 Å². The van der Waals surface area contributed by atoms with Crippen LogP contribution in [0.3, 0.4) is 0 Å². The van der Waals surface area contributed by atoms with Gasteiger partial charge in [0, 0.05) is 5.92 Å². The molecular formula is C20H20. The number of rotatable bonds is 2. The molecule has 1 aliphatic rings. The molecule has 0 heteroatoms. The van der Waals surface area contributed by atoms with Crippen LogP contribution in [-0.4, -0.2) is 0 Å². The van der Waals surface area contributed by atoms with Gasteiger partial charge in [0.25, 0.3) is 0 Å². The first-order chi connectivity index (χ1) is 9.70. The zero-order chi connectivity index (χ0) is 14.1. The Morgan fingerprint density at radius 2 is 0.950 bits per heavy atom. The summed E-state index contributed by atoms with van der Waals surface area (Å²) in [7, 11) is 0. The van der Waals surface area contributed by atoms with E-state index in [1.54, 1.807) is 0 Å². The fraction of sp³-hybridized carbons (Fsp3) is 0.200. The highest BCUT2D eigenvalue weighted by Crippen LogP contribution is 2.46. The molecule has 0 amide bonds. The number of hydrogen-bond donors (Lipinski definition) is 0. The molecule has 0 fully saturated rings. The molecular weight excluding hydrogens is 240 g/mol. The van der Waals surface area contributed by atoms with Gasteiger partial charge in [-0.2, -0.15) is 0 Å². The van der Waals surface area contributed by atoms with Gasteiger partial charge in [-0.25, -0.2) is 0 Å². The molecule has 0 bridgehead atoms. The highest BCUT2D eigenvalue weighted by Gasteiger charge is 2.27. The summed E-state index contributed by atoms with van der Waals surface area (Å²) < 4.78 is 0. The van der Waals surface area contributed by atoms with Gasteiger partial charge in [-0.15, -0.1) is 0 Å². The maximum Gasteiger partial charge on any atom is 0.00783 e. The third-order valence-electron chi connectivity index (χ3n) is 4.41. The monoisotopic (exact) mass is 260 g/mol. The molecule has 3 rings (SSSR count). The lowest BCUT2D eigenvalue weighted by Gasteiger charge is -2.16. The van der Waals surface area contributed by atoms with Crippen LogP contribution in [0.15, 0.2) is 71.8 Å². The molecule has 100 valence electrons. The van der Waals surface area contributed by atoms with Gasteiger partial charge in [-0.1, -0.05) is 67.6 Å². The van der Waals surface area contributed by atoms with E-state index < -0.39 is 0 Å². The molecule has 0 saturated heterocycles. The molecule has 0 unspecified atom stereocenters. The molecule has 2 aromatic rings. The van der Waals surface area contributed by atoms with E-state index in [2.05, 4.69) is 81.4 Å². The van der Waals surface area contributed by atoms with E-state index in [1.165, 1.54) is 33.4 Å². The maximum absolute atomic E-state index is 2.32. The number of benzene rings is 2. The molecule has 0 aromatic heterocycles. The van der Waals surface area contributed by atoms with Gasteiger partial charge in [-0.3, -0.25) is 0 Å². The normalized spacial score (nSPS) is 16.1. The van der Waals surface area contributed by atoms with Gasteiger partial charge in [0.05, 0.1) is 0 Å². The topological polar surface area (TPSA) is 0 Å². The Labute approximate surface area is 121 Å². The maximum atomic E-state index is 2.32. The molecule has 20 heavy (non-hydrogen) atoms. The van der Waals surface area contributed by atoms with Crippen molar-refractivity contribution in [1.29, 1.82) is 0 Å². The van der Waals surface area contributed by atoms with Crippen molar-refractivity contribution in [1.82, 2.24) is 0 Å². The van der Waals surface area contributed by atoms with Crippen LogP contribution in [0.25, 0.3) is 11.1 Å². The Balaban J connectivity index is 2.08. The number of hydrogen-bond acceptors (Lipinski definition) is 0. The Kier molecular flexibility index (Phi) is 3.31. The number of allylic oxidation sites excluding steroid dienone is 4. The van der Waals surface area contributed by atoms with E-state index in [9.17, 15) is 0 Å². The van der Waals surface area contributed by atoms with Crippen molar-refractivity contribution in [2.75, 3.05) is 0 Å². The summed E-state index contributed by atoms with van der Waals surface area (Å²) in [6.07, 6.45) is 0. The van der Waals surface area contributed by atoms with Crippen molar-refractivity contribution in [3.8, 4) is 0 Å². The first kappa shape index (κ1) is 12.9. The van der Waals surface area contributed by atoms with Gasteiger partial charge >= 0.3 is 0 Å². The highest BCUT2D eigenvalue weighted by atomic mass is 14.3. The molecule has 0 radical (unpaired) electrons. The molecule has 2 aromatic carbocycles. The summed E-state index contributed by atoms with van der Waals surface area (Å²) in [4.78, 5) is 0. The van der Waals surface area contributed by atoms with Crippen LogP contribution >= 0.6 is 0 Å². The SMILES string of the molecule is CC1=C(c2ccccc2)C(C)C(c2ccccc2)=C1C. The Morgan fingerprint density at radius 3 is 1.30 bits per heavy atom. The van der Waals surface area contributed by atoms with E-state index in [-0.39, 0.29) is 0 Å². The minimum absolute atomic E-state index is 0.458. The van der Waals surface area contributed by atoms with Crippen molar-refractivity contribution in [3.05, 3.63) is 82.9 Å². The Morgan fingerprint density at radius 1 is 0.600 bits per heavy atom. The largest absolute Gasteiger partial charge is 0.0622 e. The zero-order valence-corrected chi connectivity index (χ0v) is 12.4. The predicted octanol–water partition coefficient (Wildman–Crippen LogP) is 5.58. The lowest BCUT2D eigenvalue weighted by molar-refractivity contribution is 0.998. The van der Waals surface area contributed by atoms with E-state index >= 15 is 0 Å². The van der Waals surface area contributed by atoms with Crippen LogP contribution in [0, 0.1) is 5.92 Å². The van der Waals surface area contributed by atoms with Crippen LogP contribution in [0.5, 0.6) is 0 Å². The average molecular weight is 260 g/mol. The second kappa shape index (κ2) is 5.13. The van der Waals surface area contributed by atoms with E-state index in [0.29, 0.717) is 5.92 Å². The van der Waals surface area contributed by atoms with Crippen LogP contribution in [0.4, 0.5) is 0 Å². The minimum atomic E-state index is 0.458. The standard InChI is InChI=1S/C20H20/c1-14-15(2)20(18-12-8-5-9-13-18)16(3)19(14)17-10-6-4-7-11-17/h4-13,16H,1-3H3. The van der Waals surface area contributed by atoms with E-state index in [1.807, 2.05) is 0 Å². The van der Waals surface area contributed by atoms with Crippen molar-refractivity contribution >= 4 is 11.1 Å².